The van der Waals surface area contributed by atoms with E-state index in [1.54, 1.807) is 0 Å². The summed E-state index contributed by atoms with van der Waals surface area (Å²) in [6.07, 6.45) is 6.67. The SMILES string of the molecule is OC1(c2nc3ccccc3[nH]2)C=CCCC1. The van der Waals surface area contributed by atoms with Gasteiger partial charge in [0, 0.05) is 0 Å². The number of benzene rings is 1. The minimum atomic E-state index is -0.905. The summed E-state index contributed by atoms with van der Waals surface area (Å²) >= 11 is 0. The molecule has 82 valence electrons. The van der Waals surface area contributed by atoms with Gasteiger partial charge in [0.15, 0.2) is 0 Å². The Morgan fingerprint density at radius 3 is 2.94 bits per heavy atom. The van der Waals surface area contributed by atoms with E-state index >= 15 is 0 Å². The molecule has 2 N–H and O–H groups in total. The Labute approximate surface area is 93.8 Å². The zero-order valence-electron chi connectivity index (χ0n) is 8.98. The average Bonchev–Trinajstić information content (AvgIpc) is 2.74. The fourth-order valence-electron chi connectivity index (χ4n) is 2.21. The van der Waals surface area contributed by atoms with Gasteiger partial charge in [-0.15, -0.1) is 0 Å². The lowest BCUT2D eigenvalue weighted by atomic mass is 9.90. The molecule has 3 rings (SSSR count). The highest BCUT2D eigenvalue weighted by Gasteiger charge is 2.30. The molecule has 0 bridgehead atoms. The lowest BCUT2D eigenvalue weighted by molar-refractivity contribution is 0.0644. The molecule has 16 heavy (non-hydrogen) atoms. The van der Waals surface area contributed by atoms with Crippen molar-refractivity contribution in [3.05, 3.63) is 42.2 Å². The van der Waals surface area contributed by atoms with Crippen LogP contribution in [-0.2, 0) is 5.60 Å². The van der Waals surface area contributed by atoms with Crippen LogP contribution in [-0.4, -0.2) is 15.1 Å². The second kappa shape index (κ2) is 3.46. The number of nitrogens with one attached hydrogen (secondary N) is 1. The van der Waals surface area contributed by atoms with Crippen LogP contribution in [0.1, 0.15) is 25.1 Å². The average molecular weight is 214 g/mol. The van der Waals surface area contributed by atoms with Crippen molar-refractivity contribution in [2.75, 3.05) is 0 Å². The third-order valence-corrected chi connectivity index (χ3v) is 3.12. The number of rotatable bonds is 1. The number of aromatic amines is 1. The highest BCUT2D eigenvalue weighted by atomic mass is 16.3. The third-order valence-electron chi connectivity index (χ3n) is 3.12. The molecule has 3 nitrogen and oxygen atoms in total. The van der Waals surface area contributed by atoms with Crippen LogP contribution in [0.2, 0.25) is 0 Å². The standard InChI is InChI=1S/C13H14N2O/c16-13(8-4-1-5-9-13)12-14-10-6-2-3-7-11(10)15-12/h2-4,6-8,16H,1,5,9H2,(H,14,15). The van der Waals surface area contributed by atoms with E-state index in [1.807, 2.05) is 36.4 Å². The first kappa shape index (κ1) is 9.60. The number of H-pyrrole nitrogens is 1. The van der Waals surface area contributed by atoms with Crippen LogP contribution in [0, 0.1) is 0 Å². The van der Waals surface area contributed by atoms with Gasteiger partial charge in [-0.25, -0.2) is 4.98 Å². The quantitative estimate of drug-likeness (QED) is 0.716. The first-order chi connectivity index (χ1) is 7.78. The molecular formula is C13H14N2O. The first-order valence-corrected chi connectivity index (χ1v) is 5.63. The second-order valence-electron chi connectivity index (χ2n) is 4.32. The lowest BCUT2D eigenvalue weighted by Crippen LogP contribution is -2.26. The van der Waals surface area contributed by atoms with E-state index in [0.717, 1.165) is 30.3 Å². The molecule has 0 saturated heterocycles. The molecule has 1 heterocycles. The number of aromatic nitrogens is 2. The van der Waals surface area contributed by atoms with Crippen molar-refractivity contribution in [2.45, 2.75) is 24.9 Å². The number of aliphatic hydroxyl groups is 1. The van der Waals surface area contributed by atoms with Crippen LogP contribution in [0.5, 0.6) is 0 Å². The molecule has 0 aliphatic heterocycles. The predicted molar refractivity (Wildman–Crippen MR) is 63.0 cm³/mol. The number of fused-ring (bicyclic) bond motifs is 1. The molecule has 1 aliphatic rings. The van der Waals surface area contributed by atoms with Crippen LogP contribution in [0.4, 0.5) is 0 Å². The van der Waals surface area contributed by atoms with Crippen LogP contribution < -0.4 is 0 Å². The predicted octanol–water partition coefficient (Wildman–Crippen LogP) is 2.49. The number of hydrogen-bond acceptors (Lipinski definition) is 2. The third kappa shape index (κ3) is 1.44. The van der Waals surface area contributed by atoms with Crippen molar-refractivity contribution in [1.82, 2.24) is 9.97 Å². The summed E-state index contributed by atoms with van der Waals surface area (Å²) in [5, 5.41) is 10.5. The number of allylic oxidation sites excluding steroid dienone is 1. The molecule has 1 aromatic heterocycles. The zero-order chi connectivity index (χ0) is 11.0. The van der Waals surface area contributed by atoms with Crippen molar-refractivity contribution in [3.63, 3.8) is 0 Å². The van der Waals surface area contributed by atoms with Gasteiger partial charge in [-0.1, -0.05) is 18.2 Å². The minimum absolute atomic E-state index is 0.657. The molecule has 0 fully saturated rings. The molecule has 3 heteroatoms. The molecule has 0 radical (unpaired) electrons. The van der Waals surface area contributed by atoms with Gasteiger partial charge in [0.2, 0.25) is 0 Å². The topological polar surface area (TPSA) is 48.9 Å². The molecule has 2 aromatic rings. The zero-order valence-corrected chi connectivity index (χ0v) is 8.98. The molecule has 1 atom stereocenters. The van der Waals surface area contributed by atoms with Gasteiger partial charge in [-0.2, -0.15) is 0 Å². The summed E-state index contributed by atoms with van der Waals surface area (Å²) < 4.78 is 0. The van der Waals surface area contributed by atoms with Gasteiger partial charge >= 0.3 is 0 Å². The molecular weight excluding hydrogens is 200 g/mol. The van der Waals surface area contributed by atoms with Crippen molar-refractivity contribution in [2.24, 2.45) is 0 Å². The smallest absolute Gasteiger partial charge is 0.143 e. The highest BCUT2D eigenvalue weighted by molar-refractivity contribution is 5.75. The molecule has 1 unspecified atom stereocenters. The summed E-state index contributed by atoms with van der Waals surface area (Å²) in [6.45, 7) is 0. The van der Waals surface area contributed by atoms with Crippen LogP contribution in [0.15, 0.2) is 36.4 Å². The van der Waals surface area contributed by atoms with Gasteiger partial charge in [-0.05, 0) is 37.5 Å². The molecule has 1 aliphatic carbocycles. The maximum absolute atomic E-state index is 10.5. The van der Waals surface area contributed by atoms with Gasteiger partial charge in [-0.3, -0.25) is 0 Å². The van der Waals surface area contributed by atoms with Gasteiger partial charge in [0.05, 0.1) is 11.0 Å². The Balaban J connectivity index is 2.11. The van der Waals surface area contributed by atoms with E-state index in [0.29, 0.717) is 5.82 Å². The number of para-hydroxylation sites is 2. The number of nitrogens with zero attached hydrogens (tertiary/aromatic N) is 1. The number of hydrogen-bond donors (Lipinski definition) is 2. The van der Waals surface area contributed by atoms with E-state index in [2.05, 4.69) is 9.97 Å². The number of imidazole rings is 1. The van der Waals surface area contributed by atoms with E-state index < -0.39 is 5.60 Å². The largest absolute Gasteiger partial charge is 0.378 e. The molecule has 1 aromatic carbocycles. The monoisotopic (exact) mass is 214 g/mol. The summed E-state index contributed by atoms with van der Waals surface area (Å²) in [7, 11) is 0. The Morgan fingerprint density at radius 2 is 2.19 bits per heavy atom. The maximum atomic E-state index is 10.5. The minimum Gasteiger partial charge on any atom is -0.378 e. The Kier molecular flexibility index (Phi) is 2.07. The second-order valence-corrected chi connectivity index (χ2v) is 4.32. The normalized spacial score (nSPS) is 25.1. The van der Waals surface area contributed by atoms with E-state index in [-0.39, 0.29) is 0 Å². The van der Waals surface area contributed by atoms with Gasteiger partial charge < -0.3 is 10.1 Å². The Hall–Kier alpha value is -1.61. The molecule has 0 amide bonds. The van der Waals surface area contributed by atoms with Crippen molar-refractivity contribution in [3.8, 4) is 0 Å². The van der Waals surface area contributed by atoms with Crippen LogP contribution >= 0.6 is 0 Å². The van der Waals surface area contributed by atoms with Crippen molar-refractivity contribution in [1.29, 1.82) is 0 Å². The fourth-order valence-corrected chi connectivity index (χ4v) is 2.21. The van der Waals surface area contributed by atoms with E-state index in [1.165, 1.54) is 0 Å². The Bertz CT molecular complexity index is 511. The van der Waals surface area contributed by atoms with Gasteiger partial charge in [0.25, 0.3) is 0 Å². The maximum Gasteiger partial charge on any atom is 0.143 e. The highest BCUT2D eigenvalue weighted by Crippen LogP contribution is 2.31. The summed E-state index contributed by atoms with van der Waals surface area (Å²) in [6, 6.07) is 7.84. The summed E-state index contributed by atoms with van der Waals surface area (Å²) in [4.78, 5) is 7.64. The fraction of sp³-hybridized carbons (Fsp3) is 0.308. The first-order valence-electron chi connectivity index (χ1n) is 5.63. The van der Waals surface area contributed by atoms with E-state index in [4.69, 9.17) is 0 Å². The summed E-state index contributed by atoms with van der Waals surface area (Å²) in [5.41, 5.74) is 0.979. The van der Waals surface area contributed by atoms with Crippen molar-refractivity contribution < 1.29 is 5.11 Å². The molecule has 0 saturated carbocycles. The van der Waals surface area contributed by atoms with Gasteiger partial charge in [0.1, 0.15) is 11.4 Å². The Morgan fingerprint density at radius 1 is 1.31 bits per heavy atom. The van der Waals surface area contributed by atoms with Crippen molar-refractivity contribution >= 4 is 11.0 Å². The molecule has 0 spiro atoms. The van der Waals surface area contributed by atoms with Crippen LogP contribution in [0.3, 0.4) is 0 Å². The van der Waals surface area contributed by atoms with Crippen LogP contribution in [0.25, 0.3) is 11.0 Å². The van der Waals surface area contributed by atoms with E-state index in [9.17, 15) is 5.11 Å². The lowest BCUT2D eigenvalue weighted by Gasteiger charge is -2.24. The summed E-state index contributed by atoms with van der Waals surface area (Å²) in [5.74, 6) is 0.657.